The molecule has 0 saturated heterocycles. The molecule has 17 heavy (non-hydrogen) atoms. The number of aliphatic hydroxyl groups is 1. The summed E-state index contributed by atoms with van der Waals surface area (Å²) in [6.45, 7) is 1.59. The summed E-state index contributed by atoms with van der Waals surface area (Å²) in [4.78, 5) is 11.4. The average molecular weight is 244 g/mol. The van der Waals surface area contributed by atoms with Crippen LogP contribution in [0.3, 0.4) is 0 Å². The van der Waals surface area contributed by atoms with Gasteiger partial charge in [0.25, 0.3) is 0 Å². The van der Waals surface area contributed by atoms with Crippen LogP contribution >= 0.6 is 0 Å². The van der Waals surface area contributed by atoms with E-state index in [1.54, 1.807) is 6.92 Å². The second kappa shape index (κ2) is 6.15. The van der Waals surface area contributed by atoms with Gasteiger partial charge in [0.1, 0.15) is 11.6 Å². The van der Waals surface area contributed by atoms with Gasteiger partial charge in [-0.05, 0) is 18.6 Å². The number of hydrogen-bond acceptors (Lipinski definition) is 2. The molecule has 0 saturated carbocycles. The molecule has 1 rings (SSSR count). The van der Waals surface area contributed by atoms with E-state index in [-0.39, 0.29) is 12.3 Å². The van der Waals surface area contributed by atoms with Crippen molar-refractivity contribution >= 4 is 11.7 Å². The van der Waals surface area contributed by atoms with Crippen molar-refractivity contribution in [3.8, 4) is 0 Å². The Morgan fingerprint density at radius 3 is 2.71 bits per heavy atom. The van der Waals surface area contributed by atoms with Crippen molar-refractivity contribution < 1.29 is 18.7 Å². The van der Waals surface area contributed by atoms with Crippen LogP contribution < -0.4 is 10.6 Å². The number of urea groups is 1. The van der Waals surface area contributed by atoms with Gasteiger partial charge in [-0.15, -0.1) is 0 Å². The maximum atomic E-state index is 13.2. The van der Waals surface area contributed by atoms with Gasteiger partial charge in [-0.25, -0.2) is 13.6 Å². The summed E-state index contributed by atoms with van der Waals surface area (Å²) in [5, 5.41) is 13.5. The van der Waals surface area contributed by atoms with Crippen molar-refractivity contribution in [1.29, 1.82) is 0 Å². The van der Waals surface area contributed by atoms with E-state index in [9.17, 15) is 13.6 Å². The van der Waals surface area contributed by atoms with Crippen LogP contribution in [0.25, 0.3) is 0 Å². The zero-order valence-electron chi connectivity index (χ0n) is 9.34. The number of rotatable bonds is 4. The van der Waals surface area contributed by atoms with Crippen molar-refractivity contribution in [2.24, 2.45) is 0 Å². The summed E-state index contributed by atoms with van der Waals surface area (Å²) in [5.41, 5.74) is -0.114. The summed E-state index contributed by atoms with van der Waals surface area (Å²) >= 11 is 0. The molecule has 94 valence electrons. The van der Waals surface area contributed by atoms with Crippen molar-refractivity contribution in [2.75, 3.05) is 11.9 Å². The average Bonchev–Trinajstić information content (AvgIpc) is 2.29. The Kier molecular flexibility index (Phi) is 4.84. The molecule has 1 aromatic rings. The molecule has 0 aliphatic heterocycles. The lowest BCUT2D eigenvalue weighted by molar-refractivity contribution is 0.222. The first-order chi connectivity index (χ1) is 8.06. The smallest absolute Gasteiger partial charge is 0.319 e. The highest BCUT2D eigenvalue weighted by Crippen LogP contribution is 2.14. The van der Waals surface area contributed by atoms with E-state index in [4.69, 9.17) is 5.11 Å². The highest BCUT2D eigenvalue weighted by atomic mass is 19.1. The maximum Gasteiger partial charge on any atom is 0.319 e. The zero-order chi connectivity index (χ0) is 12.8. The van der Waals surface area contributed by atoms with E-state index in [0.29, 0.717) is 12.5 Å². The Morgan fingerprint density at radius 2 is 2.18 bits per heavy atom. The van der Waals surface area contributed by atoms with Crippen LogP contribution in [0, 0.1) is 11.6 Å². The Morgan fingerprint density at radius 1 is 1.47 bits per heavy atom. The van der Waals surface area contributed by atoms with Crippen LogP contribution in [-0.4, -0.2) is 23.8 Å². The van der Waals surface area contributed by atoms with Gasteiger partial charge in [-0.2, -0.15) is 0 Å². The van der Waals surface area contributed by atoms with Gasteiger partial charge in [-0.1, -0.05) is 6.92 Å². The van der Waals surface area contributed by atoms with Crippen LogP contribution in [0.4, 0.5) is 19.3 Å². The van der Waals surface area contributed by atoms with Gasteiger partial charge < -0.3 is 15.7 Å². The molecular formula is C11H14F2N2O2. The number of aliphatic hydroxyl groups excluding tert-OH is 1. The minimum absolute atomic E-state index is 0.114. The van der Waals surface area contributed by atoms with Gasteiger partial charge in [0.15, 0.2) is 0 Å². The molecule has 0 aromatic heterocycles. The molecule has 0 heterocycles. The Labute approximate surface area is 97.6 Å². The first-order valence-electron chi connectivity index (χ1n) is 5.20. The molecule has 2 amide bonds. The number of nitrogens with one attached hydrogen (secondary N) is 2. The molecule has 0 fully saturated rings. The molecule has 0 aliphatic rings. The van der Waals surface area contributed by atoms with E-state index >= 15 is 0 Å². The number of anilines is 1. The monoisotopic (exact) mass is 244 g/mol. The molecule has 0 spiro atoms. The summed E-state index contributed by atoms with van der Waals surface area (Å²) < 4.78 is 25.8. The van der Waals surface area contributed by atoms with E-state index < -0.39 is 23.7 Å². The summed E-state index contributed by atoms with van der Waals surface area (Å²) in [7, 11) is 0. The highest BCUT2D eigenvalue weighted by molar-refractivity contribution is 5.89. The second-order valence-corrected chi connectivity index (χ2v) is 3.51. The molecule has 0 bridgehead atoms. The van der Waals surface area contributed by atoms with Gasteiger partial charge >= 0.3 is 6.03 Å². The molecule has 3 N–H and O–H groups in total. The first-order valence-corrected chi connectivity index (χ1v) is 5.20. The molecule has 0 aliphatic carbocycles. The minimum Gasteiger partial charge on any atom is -0.394 e. The van der Waals surface area contributed by atoms with Crippen LogP contribution in [-0.2, 0) is 0 Å². The van der Waals surface area contributed by atoms with Crippen molar-refractivity contribution in [1.82, 2.24) is 5.32 Å². The number of hydrogen-bond donors (Lipinski definition) is 3. The number of carbonyl (C=O) groups is 1. The predicted octanol–water partition coefficient (Wildman–Crippen LogP) is 1.86. The fourth-order valence-electron chi connectivity index (χ4n) is 1.21. The molecular weight excluding hydrogens is 230 g/mol. The molecule has 1 atom stereocenters. The van der Waals surface area contributed by atoms with Crippen molar-refractivity contribution in [3.05, 3.63) is 29.8 Å². The lowest BCUT2D eigenvalue weighted by atomic mass is 10.2. The Hall–Kier alpha value is -1.69. The quantitative estimate of drug-likeness (QED) is 0.757. The van der Waals surface area contributed by atoms with Gasteiger partial charge in [0.05, 0.1) is 18.3 Å². The topological polar surface area (TPSA) is 61.4 Å². The zero-order valence-corrected chi connectivity index (χ0v) is 9.34. The van der Waals surface area contributed by atoms with Crippen LogP contribution in [0.1, 0.15) is 13.3 Å². The van der Waals surface area contributed by atoms with Crippen LogP contribution in [0.2, 0.25) is 0 Å². The largest absolute Gasteiger partial charge is 0.394 e. The van der Waals surface area contributed by atoms with E-state index in [1.165, 1.54) is 0 Å². The summed E-state index contributed by atoms with van der Waals surface area (Å²) in [5.74, 6) is -1.56. The fourth-order valence-corrected chi connectivity index (χ4v) is 1.21. The van der Waals surface area contributed by atoms with Gasteiger partial charge in [-0.3, -0.25) is 0 Å². The van der Waals surface area contributed by atoms with E-state index in [1.807, 2.05) is 0 Å². The van der Waals surface area contributed by atoms with Crippen LogP contribution in [0.15, 0.2) is 18.2 Å². The third kappa shape index (κ3) is 3.99. The summed E-state index contributed by atoms with van der Waals surface area (Å²) in [6.07, 6.45) is 0.551. The third-order valence-electron chi connectivity index (χ3n) is 2.23. The highest BCUT2D eigenvalue weighted by Gasteiger charge is 2.11. The van der Waals surface area contributed by atoms with E-state index in [0.717, 1.165) is 12.1 Å². The van der Waals surface area contributed by atoms with Crippen LogP contribution in [0.5, 0.6) is 0 Å². The number of amides is 2. The predicted molar refractivity (Wildman–Crippen MR) is 59.7 cm³/mol. The number of carbonyl (C=O) groups excluding carboxylic acids is 1. The molecule has 0 unspecified atom stereocenters. The number of benzene rings is 1. The lowest BCUT2D eigenvalue weighted by Gasteiger charge is -2.14. The fraction of sp³-hybridized carbons (Fsp3) is 0.364. The van der Waals surface area contributed by atoms with Crippen molar-refractivity contribution in [3.63, 3.8) is 0 Å². The maximum absolute atomic E-state index is 13.2. The van der Waals surface area contributed by atoms with Gasteiger partial charge in [0, 0.05) is 6.07 Å². The minimum atomic E-state index is -0.850. The SMILES string of the molecule is CC[C@H](CO)NC(=O)Nc1ccc(F)cc1F. The standard InChI is InChI=1S/C11H14F2N2O2/c1-2-8(6-16)14-11(17)15-10-4-3-7(12)5-9(10)13/h3-5,8,16H,2,6H2,1H3,(H2,14,15,17)/t8-/m1/s1. The molecule has 6 heteroatoms. The van der Waals surface area contributed by atoms with E-state index in [2.05, 4.69) is 10.6 Å². The summed E-state index contributed by atoms with van der Waals surface area (Å²) in [6, 6.07) is 1.82. The Balaban J connectivity index is 2.62. The third-order valence-corrected chi connectivity index (χ3v) is 2.23. The van der Waals surface area contributed by atoms with Gasteiger partial charge in [0.2, 0.25) is 0 Å². The van der Waals surface area contributed by atoms with Crippen molar-refractivity contribution in [2.45, 2.75) is 19.4 Å². The molecule has 4 nitrogen and oxygen atoms in total. The molecule has 0 radical (unpaired) electrons. The number of halogens is 2. The molecule has 1 aromatic carbocycles. The Bertz CT molecular complexity index is 395. The first kappa shape index (κ1) is 13.4. The second-order valence-electron chi connectivity index (χ2n) is 3.51. The lowest BCUT2D eigenvalue weighted by Crippen LogP contribution is -2.39. The normalized spacial score (nSPS) is 12.0.